The van der Waals surface area contributed by atoms with Crippen molar-refractivity contribution in [2.75, 3.05) is 5.32 Å². The Morgan fingerprint density at radius 3 is 1.95 bits per heavy atom. The molecule has 41 heavy (non-hydrogen) atoms. The van der Waals surface area contributed by atoms with E-state index in [1.54, 1.807) is 38.1 Å². The molecule has 1 aromatic heterocycles. The van der Waals surface area contributed by atoms with Gasteiger partial charge >= 0.3 is 5.97 Å². The summed E-state index contributed by atoms with van der Waals surface area (Å²) in [6.45, 7) is 3.27. The van der Waals surface area contributed by atoms with Crippen LogP contribution >= 0.6 is 0 Å². The zero-order valence-electron chi connectivity index (χ0n) is 22.4. The average molecular weight is 569 g/mol. The Morgan fingerprint density at radius 2 is 1.34 bits per heavy atom. The highest BCUT2D eigenvalue weighted by atomic mass is 32.2. The fourth-order valence-corrected chi connectivity index (χ4v) is 5.90. The van der Waals surface area contributed by atoms with Crippen LogP contribution in [0.5, 0.6) is 0 Å². The number of nitrogens with one attached hydrogen (secondary N) is 2. The monoisotopic (exact) mass is 568 g/mol. The van der Waals surface area contributed by atoms with E-state index in [0.717, 1.165) is 27.6 Å². The van der Waals surface area contributed by atoms with Crippen molar-refractivity contribution in [3.8, 4) is 22.3 Å². The van der Waals surface area contributed by atoms with E-state index in [-0.39, 0.29) is 16.6 Å². The average Bonchev–Trinajstić information content (AvgIpc) is 3.37. The van der Waals surface area contributed by atoms with Gasteiger partial charge in [-0.25, -0.2) is 8.42 Å². The number of anilines is 1. The fourth-order valence-electron chi connectivity index (χ4n) is 4.56. The van der Waals surface area contributed by atoms with E-state index in [4.69, 9.17) is 4.42 Å². The largest absolute Gasteiger partial charge is 0.480 e. The molecule has 1 amide bonds. The van der Waals surface area contributed by atoms with Gasteiger partial charge in [0.25, 0.3) is 5.91 Å². The van der Waals surface area contributed by atoms with Crippen LogP contribution < -0.4 is 10.0 Å². The van der Waals surface area contributed by atoms with Crippen molar-refractivity contribution in [1.82, 2.24) is 4.72 Å². The van der Waals surface area contributed by atoms with Crippen molar-refractivity contribution < 1.29 is 27.5 Å². The summed E-state index contributed by atoms with van der Waals surface area (Å²) in [5.74, 6) is -1.81. The van der Waals surface area contributed by atoms with Crippen LogP contribution in [0.4, 0.5) is 5.69 Å². The van der Waals surface area contributed by atoms with Crippen molar-refractivity contribution in [2.45, 2.75) is 24.8 Å². The second-order valence-electron chi connectivity index (χ2n) is 9.91. The van der Waals surface area contributed by atoms with Crippen molar-refractivity contribution in [2.24, 2.45) is 5.92 Å². The molecule has 0 radical (unpaired) electrons. The molecule has 4 aromatic carbocycles. The Hall–Kier alpha value is -4.73. The molecule has 3 N–H and O–H groups in total. The standard InChI is InChI=1S/C32H28N2O6S/c1-20(2)29(32(36)37)34-41(38,39)25-18-14-22(15-19-25)21-12-16-24(17-13-21)33-31(35)30-28(23-8-4-3-5-9-23)26-10-6-7-11-27(26)40-30/h3-20,29,34H,1-2H3,(H,33,35)(H,36,37). The summed E-state index contributed by atoms with van der Waals surface area (Å²) in [6, 6.07) is 29.2. The Balaban J connectivity index is 1.34. The molecule has 1 unspecified atom stereocenters. The molecule has 5 aromatic rings. The van der Waals surface area contributed by atoms with E-state index >= 15 is 0 Å². The molecule has 0 saturated carbocycles. The zero-order chi connectivity index (χ0) is 29.1. The topological polar surface area (TPSA) is 126 Å². The van der Waals surface area contributed by atoms with Crippen LogP contribution in [0.2, 0.25) is 0 Å². The first-order valence-corrected chi connectivity index (χ1v) is 14.5. The van der Waals surface area contributed by atoms with E-state index in [1.165, 1.54) is 12.1 Å². The van der Waals surface area contributed by atoms with Crippen molar-refractivity contribution in [3.05, 3.63) is 109 Å². The summed E-state index contributed by atoms with van der Waals surface area (Å²) >= 11 is 0. The predicted molar refractivity (Wildman–Crippen MR) is 158 cm³/mol. The van der Waals surface area contributed by atoms with Gasteiger partial charge in [-0.1, -0.05) is 86.6 Å². The van der Waals surface area contributed by atoms with Gasteiger partial charge in [0.2, 0.25) is 15.8 Å². The number of amides is 1. The molecular weight excluding hydrogens is 540 g/mol. The summed E-state index contributed by atoms with van der Waals surface area (Å²) in [5, 5.41) is 13.1. The molecule has 1 heterocycles. The van der Waals surface area contributed by atoms with E-state index in [0.29, 0.717) is 11.3 Å². The number of hydrogen-bond donors (Lipinski definition) is 3. The normalized spacial score (nSPS) is 12.4. The number of aliphatic carboxylic acids is 1. The van der Waals surface area contributed by atoms with Gasteiger partial charge in [-0.15, -0.1) is 0 Å². The van der Waals surface area contributed by atoms with Crippen LogP contribution in [0.3, 0.4) is 0 Å². The molecule has 0 bridgehead atoms. The lowest BCUT2D eigenvalue weighted by Gasteiger charge is -2.18. The lowest BCUT2D eigenvalue weighted by molar-refractivity contribution is -0.140. The molecule has 0 fully saturated rings. The van der Waals surface area contributed by atoms with Gasteiger partial charge in [0, 0.05) is 16.6 Å². The summed E-state index contributed by atoms with van der Waals surface area (Å²) in [6.07, 6.45) is 0. The maximum absolute atomic E-state index is 13.3. The number of carboxylic acids is 1. The van der Waals surface area contributed by atoms with Gasteiger partial charge in [0.1, 0.15) is 11.6 Å². The lowest BCUT2D eigenvalue weighted by Crippen LogP contribution is -2.44. The van der Waals surface area contributed by atoms with Gasteiger partial charge in [0.05, 0.1) is 4.90 Å². The Bertz CT molecular complexity index is 1810. The van der Waals surface area contributed by atoms with Crippen LogP contribution in [0.1, 0.15) is 24.4 Å². The third kappa shape index (κ3) is 5.91. The van der Waals surface area contributed by atoms with Crippen molar-refractivity contribution >= 4 is 38.6 Å². The fraction of sp³-hybridized carbons (Fsp3) is 0.125. The zero-order valence-corrected chi connectivity index (χ0v) is 23.2. The maximum atomic E-state index is 13.3. The van der Waals surface area contributed by atoms with Gasteiger partial charge in [-0.3, -0.25) is 9.59 Å². The first-order valence-electron chi connectivity index (χ1n) is 13.0. The maximum Gasteiger partial charge on any atom is 0.322 e. The highest BCUT2D eigenvalue weighted by molar-refractivity contribution is 7.89. The summed E-state index contributed by atoms with van der Waals surface area (Å²) in [4.78, 5) is 24.7. The summed E-state index contributed by atoms with van der Waals surface area (Å²) in [5.41, 5.74) is 4.35. The molecule has 208 valence electrons. The first-order chi connectivity index (χ1) is 19.6. The number of carboxylic acid groups (broad SMARTS) is 1. The van der Waals surface area contributed by atoms with E-state index in [1.807, 2.05) is 66.7 Å². The quantitative estimate of drug-likeness (QED) is 0.189. The van der Waals surface area contributed by atoms with Crippen LogP contribution in [-0.4, -0.2) is 31.4 Å². The first kappa shape index (κ1) is 27.8. The SMILES string of the molecule is CC(C)C(NS(=O)(=O)c1ccc(-c2ccc(NC(=O)c3oc4ccccc4c3-c3ccccc3)cc2)cc1)C(=O)O. The molecule has 1 atom stereocenters. The number of benzene rings is 4. The molecular formula is C32H28N2O6S. The van der Waals surface area contributed by atoms with E-state index < -0.39 is 28.0 Å². The smallest absolute Gasteiger partial charge is 0.322 e. The minimum atomic E-state index is -4.02. The molecule has 0 aliphatic carbocycles. The van der Waals surface area contributed by atoms with Gasteiger partial charge in [-0.05, 0) is 52.9 Å². The van der Waals surface area contributed by atoms with E-state index in [2.05, 4.69) is 10.0 Å². The van der Waals surface area contributed by atoms with Crippen LogP contribution in [0.25, 0.3) is 33.2 Å². The number of para-hydroxylation sites is 1. The number of sulfonamides is 1. The number of fused-ring (bicyclic) bond motifs is 1. The number of rotatable bonds is 9. The van der Waals surface area contributed by atoms with Gasteiger partial charge in [0.15, 0.2) is 0 Å². The third-order valence-electron chi connectivity index (χ3n) is 6.72. The Labute approximate surface area is 237 Å². The minimum absolute atomic E-state index is 0.0305. The van der Waals surface area contributed by atoms with Crippen molar-refractivity contribution in [3.63, 3.8) is 0 Å². The Morgan fingerprint density at radius 1 is 0.756 bits per heavy atom. The third-order valence-corrected chi connectivity index (χ3v) is 8.18. The molecule has 9 heteroatoms. The number of hydrogen-bond acceptors (Lipinski definition) is 5. The second-order valence-corrected chi connectivity index (χ2v) is 11.6. The van der Waals surface area contributed by atoms with Gasteiger partial charge in [-0.2, -0.15) is 4.72 Å². The summed E-state index contributed by atoms with van der Waals surface area (Å²) in [7, 11) is -4.02. The molecule has 0 aliphatic heterocycles. The molecule has 0 aliphatic rings. The number of furan rings is 1. The lowest BCUT2D eigenvalue weighted by atomic mass is 10.0. The number of carbonyl (C=O) groups is 2. The molecule has 5 rings (SSSR count). The van der Waals surface area contributed by atoms with Crippen molar-refractivity contribution in [1.29, 1.82) is 0 Å². The highest BCUT2D eigenvalue weighted by Gasteiger charge is 2.28. The minimum Gasteiger partial charge on any atom is -0.480 e. The second kappa shape index (κ2) is 11.4. The van der Waals surface area contributed by atoms with E-state index in [9.17, 15) is 23.1 Å². The van der Waals surface area contributed by atoms with Crippen LogP contribution in [0.15, 0.2) is 112 Å². The van der Waals surface area contributed by atoms with Crippen LogP contribution in [-0.2, 0) is 14.8 Å². The van der Waals surface area contributed by atoms with Crippen LogP contribution in [0, 0.1) is 5.92 Å². The van der Waals surface area contributed by atoms with Gasteiger partial charge < -0.3 is 14.8 Å². The number of carbonyl (C=O) groups excluding carboxylic acids is 1. The predicted octanol–water partition coefficient (Wildman–Crippen LogP) is 6.41. The summed E-state index contributed by atoms with van der Waals surface area (Å²) < 4.78 is 33.7. The molecule has 0 spiro atoms. The highest BCUT2D eigenvalue weighted by Crippen LogP contribution is 2.35. The Kier molecular flexibility index (Phi) is 7.74. The molecule has 8 nitrogen and oxygen atoms in total. The molecule has 0 saturated heterocycles.